The Hall–Kier alpha value is -4.22. The number of aliphatic hydroxyl groups is 1. The van der Waals surface area contributed by atoms with E-state index in [4.69, 9.17) is 9.47 Å². The van der Waals surface area contributed by atoms with Gasteiger partial charge in [-0.2, -0.15) is 0 Å². The molecule has 0 aliphatic carbocycles. The van der Waals surface area contributed by atoms with Gasteiger partial charge in [0.2, 0.25) is 0 Å². The van der Waals surface area contributed by atoms with Crippen LogP contribution in [0, 0.1) is 0 Å². The molecule has 0 radical (unpaired) electrons. The average molecular weight is 994 g/mol. The molecule has 5 heteroatoms. The number of aliphatic hydroxyl groups excluding tert-OH is 1. The minimum Gasteiger partial charge on any atom is -0.462 e. The van der Waals surface area contributed by atoms with Crippen LogP contribution in [0.15, 0.2) is 146 Å². The molecule has 0 fully saturated rings. The molecule has 0 aromatic heterocycles. The fourth-order valence-electron chi connectivity index (χ4n) is 7.82. The topological polar surface area (TPSA) is 72.8 Å². The lowest BCUT2D eigenvalue weighted by atomic mass is 10.0. The Kier molecular flexibility index (Phi) is 57.5. The van der Waals surface area contributed by atoms with Crippen molar-refractivity contribution in [3.05, 3.63) is 146 Å². The number of hydrogen-bond acceptors (Lipinski definition) is 5. The normalized spacial score (nSPS) is 13.3. The second-order valence-electron chi connectivity index (χ2n) is 19.0. The zero-order chi connectivity index (χ0) is 52.0. The van der Waals surface area contributed by atoms with Gasteiger partial charge in [0, 0.05) is 12.8 Å². The van der Waals surface area contributed by atoms with Gasteiger partial charge in [-0.25, -0.2) is 0 Å². The highest BCUT2D eigenvalue weighted by Crippen LogP contribution is 2.16. The maximum atomic E-state index is 12.3. The summed E-state index contributed by atoms with van der Waals surface area (Å²) in [7, 11) is 0. The van der Waals surface area contributed by atoms with Crippen LogP contribution in [-0.2, 0) is 19.1 Å². The van der Waals surface area contributed by atoms with Crippen LogP contribution in [-0.4, -0.2) is 36.4 Å². The van der Waals surface area contributed by atoms with Gasteiger partial charge in [-0.15, -0.1) is 0 Å². The second kappa shape index (κ2) is 61.1. The quantitative estimate of drug-likeness (QED) is 0.0373. The van der Waals surface area contributed by atoms with E-state index < -0.39 is 6.10 Å². The van der Waals surface area contributed by atoms with E-state index in [1.165, 1.54) is 116 Å². The molecule has 0 saturated carbocycles. The van der Waals surface area contributed by atoms with Crippen molar-refractivity contribution in [1.82, 2.24) is 0 Å². The minimum absolute atomic E-state index is 0.112. The van der Waals surface area contributed by atoms with Gasteiger partial charge in [0.25, 0.3) is 0 Å². The third-order valence-corrected chi connectivity index (χ3v) is 12.1. The molecule has 0 amide bonds. The minimum atomic E-state index is -0.811. The number of carbonyl (C=O) groups is 2. The van der Waals surface area contributed by atoms with Crippen LogP contribution < -0.4 is 0 Å². The van der Waals surface area contributed by atoms with Crippen molar-refractivity contribution >= 4 is 11.9 Å². The number of rotatable bonds is 52. The SMILES string of the molecule is CC/C=C\C/C=C\C/C=C\C/C=C\C/C=C\C/C=C\CCCCCCCCCCCCCCCCCCCCCCC(=O)OC(CO)COC(=O)CC/C=C\C/C=C\C/C=C\C/C=C\C/C=C\C/C=C\CC. The highest BCUT2D eigenvalue weighted by molar-refractivity contribution is 5.70. The molecule has 1 unspecified atom stereocenters. The van der Waals surface area contributed by atoms with E-state index in [0.29, 0.717) is 12.8 Å². The van der Waals surface area contributed by atoms with Crippen molar-refractivity contribution in [2.24, 2.45) is 0 Å². The maximum Gasteiger partial charge on any atom is 0.306 e. The Morgan fingerprint density at radius 3 is 0.889 bits per heavy atom. The van der Waals surface area contributed by atoms with Gasteiger partial charge in [-0.05, 0) is 103 Å². The van der Waals surface area contributed by atoms with Crippen LogP contribution >= 0.6 is 0 Å². The second-order valence-corrected chi connectivity index (χ2v) is 19.0. The summed E-state index contributed by atoms with van der Waals surface area (Å²) in [5, 5.41) is 9.64. The summed E-state index contributed by atoms with van der Waals surface area (Å²) in [6.07, 6.45) is 92.8. The summed E-state index contributed by atoms with van der Waals surface area (Å²) >= 11 is 0. The van der Waals surface area contributed by atoms with Crippen LogP contribution in [0.4, 0.5) is 0 Å². The number of carbonyl (C=O) groups excluding carboxylic acids is 2. The first-order chi connectivity index (χ1) is 35.6. The van der Waals surface area contributed by atoms with Gasteiger partial charge < -0.3 is 14.6 Å². The third kappa shape index (κ3) is 58.4. The zero-order valence-electron chi connectivity index (χ0n) is 46.4. The fraction of sp³-hybridized carbons (Fsp3) is 0.612. The Labute approximate surface area is 444 Å². The van der Waals surface area contributed by atoms with Crippen molar-refractivity contribution in [1.29, 1.82) is 0 Å². The molecule has 0 aliphatic heterocycles. The van der Waals surface area contributed by atoms with Gasteiger partial charge in [-0.3, -0.25) is 9.59 Å². The number of hydrogen-bond donors (Lipinski definition) is 1. The predicted molar refractivity (Wildman–Crippen MR) is 315 cm³/mol. The van der Waals surface area contributed by atoms with E-state index in [0.717, 1.165) is 96.3 Å². The van der Waals surface area contributed by atoms with E-state index in [1.807, 2.05) is 12.2 Å². The molecule has 5 nitrogen and oxygen atoms in total. The van der Waals surface area contributed by atoms with E-state index in [-0.39, 0.29) is 31.6 Å². The summed E-state index contributed by atoms with van der Waals surface area (Å²) in [6.45, 7) is 3.85. The Bertz CT molecular complexity index is 1540. The Morgan fingerprint density at radius 2 is 0.583 bits per heavy atom. The van der Waals surface area contributed by atoms with E-state index in [2.05, 4.69) is 148 Å². The molecule has 1 atom stereocenters. The van der Waals surface area contributed by atoms with Crippen molar-refractivity contribution in [3.8, 4) is 0 Å². The molecule has 1 N–H and O–H groups in total. The molecule has 406 valence electrons. The molecular formula is C67H108O5. The van der Waals surface area contributed by atoms with Crippen molar-refractivity contribution < 1.29 is 24.2 Å². The van der Waals surface area contributed by atoms with E-state index in [1.54, 1.807) is 0 Å². The molecule has 0 aromatic rings. The summed E-state index contributed by atoms with van der Waals surface area (Å²) < 4.78 is 10.6. The highest BCUT2D eigenvalue weighted by atomic mass is 16.6. The molecule has 0 aromatic carbocycles. The maximum absolute atomic E-state index is 12.3. The number of unbranched alkanes of at least 4 members (excludes halogenated alkanes) is 20. The van der Waals surface area contributed by atoms with Crippen molar-refractivity contribution in [3.63, 3.8) is 0 Å². The van der Waals surface area contributed by atoms with Gasteiger partial charge in [0.15, 0.2) is 6.10 Å². The average Bonchev–Trinajstić information content (AvgIpc) is 3.38. The van der Waals surface area contributed by atoms with Gasteiger partial charge in [0.1, 0.15) is 6.61 Å². The summed E-state index contributed by atoms with van der Waals surface area (Å²) in [5.41, 5.74) is 0. The number of allylic oxidation sites excluding steroid dienone is 24. The number of ether oxygens (including phenoxy) is 2. The molecule has 0 bridgehead atoms. The monoisotopic (exact) mass is 993 g/mol. The van der Waals surface area contributed by atoms with Crippen LogP contribution in [0.5, 0.6) is 0 Å². The summed E-state index contributed by atoms with van der Waals surface area (Å²) in [4.78, 5) is 24.5. The molecular weight excluding hydrogens is 885 g/mol. The smallest absolute Gasteiger partial charge is 0.306 e. The summed E-state index contributed by atoms with van der Waals surface area (Å²) in [6, 6.07) is 0. The van der Waals surface area contributed by atoms with Gasteiger partial charge in [-0.1, -0.05) is 275 Å². The van der Waals surface area contributed by atoms with E-state index in [9.17, 15) is 14.7 Å². The first kappa shape index (κ1) is 67.8. The fourth-order valence-corrected chi connectivity index (χ4v) is 7.82. The highest BCUT2D eigenvalue weighted by Gasteiger charge is 2.16. The van der Waals surface area contributed by atoms with Crippen LogP contribution in [0.3, 0.4) is 0 Å². The van der Waals surface area contributed by atoms with Crippen LogP contribution in [0.25, 0.3) is 0 Å². The molecule has 0 saturated heterocycles. The third-order valence-electron chi connectivity index (χ3n) is 12.1. The van der Waals surface area contributed by atoms with E-state index >= 15 is 0 Å². The molecule has 72 heavy (non-hydrogen) atoms. The molecule has 0 heterocycles. The van der Waals surface area contributed by atoms with Crippen LogP contribution in [0.1, 0.15) is 245 Å². The van der Waals surface area contributed by atoms with Crippen LogP contribution in [0.2, 0.25) is 0 Å². The predicted octanol–water partition coefficient (Wildman–Crippen LogP) is 20.2. The Morgan fingerprint density at radius 1 is 0.319 bits per heavy atom. The zero-order valence-corrected chi connectivity index (χ0v) is 46.4. The molecule has 0 aliphatic rings. The lowest BCUT2D eigenvalue weighted by Crippen LogP contribution is -2.28. The standard InChI is InChI=1S/C67H108O5/c1-3-5-7-9-11-13-15-17-19-21-23-24-25-26-27-28-29-30-31-32-33-34-35-36-37-38-39-40-41-42-44-46-48-50-52-54-56-58-60-62-67(70)72-65(63-68)64-71-66(69)61-59-57-55-53-51-49-47-45-43-22-20-18-16-14-12-10-8-6-4-2/h5-8,11-14,17-20,23-24,26-27,29-30,43,45,49,51,55,57,65,68H,3-4,9-10,15-16,21-22,25,28,31-42,44,46-48,50,52-54,56,58-64H2,1-2H3/b7-5-,8-6-,13-11-,14-12-,19-17-,20-18-,24-23-,27-26-,30-29-,45-43-,51-49-,57-55-. The first-order valence-corrected chi connectivity index (χ1v) is 29.4. The molecule has 0 rings (SSSR count). The Balaban J connectivity index is 3.53. The van der Waals surface area contributed by atoms with Gasteiger partial charge in [0.05, 0.1) is 6.61 Å². The van der Waals surface area contributed by atoms with Crippen molar-refractivity contribution in [2.75, 3.05) is 13.2 Å². The van der Waals surface area contributed by atoms with Gasteiger partial charge >= 0.3 is 11.9 Å². The van der Waals surface area contributed by atoms with Crippen molar-refractivity contribution in [2.45, 2.75) is 251 Å². The molecule has 0 spiro atoms. The first-order valence-electron chi connectivity index (χ1n) is 29.4. The lowest BCUT2D eigenvalue weighted by molar-refractivity contribution is -0.161. The largest absolute Gasteiger partial charge is 0.462 e. The lowest BCUT2D eigenvalue weighted by Gasteiger charge is -2.15. The number of esters is 2. The summed E-state index contributed by atoms with van der Waals surface area (Å²) in [5.74, 6) is -0.691.